The first-order valence-corrected chi connectivity index (χ1v) is 31.6. The van der Waals surface area contributed by atoms with Gasteiger partial charge in [-0.3, -0.25) is 14.4 Å². The molecule has 0 amide bonds. The standard InChI is InChI=1S/C73H114O6/c1-4-7-10-13-16-19-22-25-28-31-34-36-39-42-45-48-51-54-57-60-63-66-72(75)78-69-70(68-77-71(74)65-62-59-56-53-50-47-44-41-38-33-30-27-24-21-18-15-12-9-6-3)79-73(76)67-64-61-58-55-52-49-46-43-40-37-35-32-29-26-23-20-17-14-11-8-5-2/h7,9-10,12,16,18-19,21,23,25-28,30,32,34-36,38,40-43,45,47,50-51,54,70H,4-6,8,11,13-15,17,20,22,24,29,31,33,37,39,44,46,48-49,52-53,55-69H2,1-3H3/b10-7-,12-9-,19-16-,21-18-,26-23-,28-25-,30-27-,35-32-,36-34-,41-38-,43-40-,45-42-,50-47-,54-51-. The summed E-state index contributed by atoms with van der Waals surface area (Å²) in [5.41, 5.74) is 0. The van der Waals surface area contributed by atoms with Crippen LogP contribution in [-0.2, 0) is 28.6 Å². The van der Waals surface area contributed by atoms with Gasteiger partial charge in [-0.1, -0.05) is 249 Å². The van der Waals surface area contributed by atoms with Crippen molar-refractivity contribution in [3.63, 3.8) is 0 Å². The van der Waals surface area contributed by atoms with E-state index in [1.54, 1.807) is 0 Å². The van der Waals surface area contributed by atoms with Gasteiger partial charge in [-0.25, -0.2) is 0 Å². The summed E-state index contributed by atoms with van der Waals surface area (Å²) < 4.78 is 16.9. The molecule has 442 valence electrons. The number of carbonyl (C=O) groups is 3. The SMILES string of the molecule is CC/C=C\C/C=C\C/C=C\C/C=C\C/C=C\C/C=C\CCCCC(=O)OCC(COC(=O)CCCCC/C=C\C/C=C\C/C=C\C/C=C\C/C=C\CC)OC(=O)CCCCCCCC/C=C\C/C=C\C/C=C\CCCCCCC. The summed E-state index contributed by atoms with van der Waals surface area (Å²) >= 11 is 0. The Balaban J connectivity index is 4.59. The number of hydrogen-bond donors (Lipinski definition) is 0. The Kier molecular flexibility index (Phi) is 61.0. The van der Waals surface area contributed by atoms with Crippen LogP contribution >= 0.6 is 0 Å². The van der Waals surface area contributed by atoms with Crippen molar-refractivity contribution in [2.24, 2.45) is 0 Å². The smallest absolute Gasteiger partial charge is 0.306 e. The lowest BCUT2D eigenvalue weighted by Gasteiger charge is -2.18. The van der Waals surface area contributed by atoms with Crippen LogP contribution in [0, 0.1) is 0 Å². The minimum atomic E-state index is -0.829. The predicted octanol–water partition coefficient (Wildman–Crippen LogP) is 21.9. The van der Waals surface area contributed by atoms with Crippen LogP contribution < -0.4 is 0 Å². The number of rotatable bonds is 55. The van der Waals surface area contributed by atoms with E-state index in [1.165, 1.54) is 51.4 Å². The fourth-order valence-electron chi connectivity index (χ4n) is 8.01. The Morgan fingerprint density at radius 1 is 0.266 bits per heavy atom. The highest BCUT2D eigenvalue weighted by Gasteiger charge is 2.19. The van der Waals surface area contributed by atoms with Gasteiger partial charge in [-0.05, 0) is 154 Å². The summed E-state index contributed by atoms with van der Waals surface area (Å²) in [5.74, 6) is -1.01. The summed E-state index contributed by atoms with van der Waals surface area (Å²) in [6, 6.07) is 0. The van der Waals surface area contributed by atoms with Crippen LogP contribution in [0.3, 0.4) is 0 Å². The molecule has 0 aliphatic carbocycles. The molecule has 6 nitrogen and oxygen atoms in total. The second-order valence-electron chi connectivity index (χ2n) is 20.2. The zero-order valence-electron chi connectivity index (χ0n) is 50.6. The predicted molar refractivity (Wildman–Crippen MR) is 343 cm³/mol. The van der Waals surface area contributed by atoms with Crippen LogP contribution in [0.15, 0.2) is 170 Å². The van der Waals surface area contributed by atoms with E-state index in [2.05, 4.69) is 191 Å². The molecule has 0 bridgehead atoms. The fourth-order valence-corrected chi connectivity index (χ4v) is 8.01. The molecular formula is C73H114O6. The average Bonchev–Trinajstić information content (AvgIpc) is 3.45. The van der Waals surface area contributed by atoms with Crippen LogP contribution in [0.5, 0.6) is 0 Å². The topological polar surface area (TPSA) is 78.9 Å². The Morgan fingerprint density at radius 2 is 0.494 bits per heavy atom. The molecule has 1 atom stereocenters. The van der Waals surface area contributed by atoms with E-state index in [4.69, 9.17) is 14.2 Å². The third-order valence-corrected chi connectivity index (χ3v) is 12.7. The molecule has 0 N–H and O–H groups in total. The van der Waals surface area contributed by atoms with Crippen LogP contribution in [0.1, 0.15) is 252 Å². The van der Waals surface area contributed by atoms with Crippen molar-refractivity contribution in [1.82, 2.24) is 0 Å². The minimum Gasteiger partial charge on any atom is -0.462 e. The molecule has 0 aromatic heterocycles. The zero-order chi connectivity index (χ0) is 57.1. The van der Waals surface area contributed by atoms with Crippen LogP contribution in [0.2, 0.25) is 0 Å². The highest BCUT2D eigenvalue weighted by Crippen LogP contribution is 2.13. The highest BCUT2D eigenvalue weighted by atomic mass is 16.6. The molecule has 0 aliphatic heterocycles. The first kappa shape index (κ1) is 73.8. The first-order chi connectivity index (χ1) is 39.0. The molecule has 0 saturated carbocycles. The second-order valence-corrected chi connectivity index (χ2v) is 20.2. The van der Waals surface area contributed by atoms with Crippen molar-refractivity contribution >= 4 is 17.9 Å². The van der Waals surface area contributed by atoms with Crippen molar-refractivity contribution in [3.05, 3.63) is 170 Å². The molecule has 0 saturated heterocycles. The van der Waals surface area contributed by atoms with Gasteiger partial charge in [0.05, 0.1) is 0 Å². The van der Waals surface area contributed by atoms with E-state index in [-0.39, 0.29) is 44.0 Å². The number of ether oxygens (including phenoxy) is 3. The maximum Gasteiger partial charge on any atom is 0.306 e. The van der Waals surface area contributed by atoms with Crippen molar-refractivity contribution < 1.29 is 28.6 Å². The summed E-state index contributed by atoms with van der Waals surface area (Å²) in [6.45, 7) is 6.32. The van der Waals surface area contributed by atoms with Gasteiger partial charge in [-0.2, -0.15) is 0 Å². The Bertz CT molecular complexity index is 1820. The minimum absolute atomic E-state index is 0.123. The number of allylic oxidation sites excluding steroid dienone is 28. The molecule has 79 heavy (non-hydrogen) atoms. The van der Waals surface area contributed by atoms with Gasteiger partial charge in [0.25, 0.3) is 0 Å². The summed E-state index contributed by atoms with van der Waals surface area (Å²) in [4.78, 5) is 38.3. The Hall–Kier alpha value is -5.23. The molecule has 0 aromatic carbocycles. The van der Waals surface area contributed by atoms with Gasteiger partial charge in [0.2, 0.25) is 0 Å². The fraction of sp³-hybridized carbons (Fsp3) is 0.575. The van der Waals surface area contributed by atoms with E-state index in [0.29, 0.717) is 12.8 Å². The molecular weight excluding hydrogens is 973 g/mol. The monoisotopic (exact) mass is 1090 g/mol. The lowest BCUT2D eigenvalue weighted by molar-refractivity contribution is -0.167. The van der Waals surface area contributed by atoms with Crippen molar-refractivity contribution in [1.29, 1.82) is 0 Å². The van der Waals surface area contributed by atoms with Crippen LogP contribution in [-0.4, -0.2) is 37.2 Å². The number of carbonyl (C=O) groups excluding carboxylic acids is 3. The van der Waals surface area contributed by atoms with E-state index < -0.39 is 6.10 Å². The Labute approximate surface area is 485 Å². The number of esters is 3. The van der Waals surface area contributed by atoms with Gasteiger partial charge < -0.3 is 14.2 Å². The van der Waals surface area contributed by atoms with Crippen molar-refractivity contribution in [2.45, 2.75) is 258 Å². The molecule has 0 fully saturated rings. The van der Waals surface area contributed by atoms with E-state index >= 15 is 0 Å². The molecule has 0 radical (unpaired) electrons. The van der Waals surface area contributed by atoms with Gasteiger partial charge in [0.1, 0.15) is 13.2 Å². The summed E-state index contributed by atoms with van der Waals surface area (Å²) in [6.07, 6.45) is 96.3. The lowest BCUT2D eigenvalue weighted by atomic mass is 10.1. The van der Waals surface area contributed by atoms with E-state index in [9.17, 15) is 14.4 Å². The average molecular weight is 1090 g/mol. The maximum absolute atomic E-state index is 12.9. The number of unbranched alkanes of at least 4 members (excludes halogenated alkanes) is 16. The number of hydrogen-bond acceptors (Lipinski definition) is 6. The van der Waals surface area contributed by atoms with Crippen molar-refractivity contribution in [3.8, 4) is 0 Å². The van der Waals surface area contributed by atoms with Gasteiger partial charge in [-0.15, -0.1) is 0 Å². The third-order valence-electron chi connectivity index (χ3n) is 12.7. The third kappa shape index (κ3) is 63.5. The second kappa shape index (κ2) is 65.3. The van der Waals surface area contributed by atoms with Gasteiger partial charge in [0.15, 0.2) is 6.10 Å². The molecule has 0 rings (SSSR count). The van der Waals surface area contributed by atoms with Gasteiger partial charge >= 0.3 is 17.9 Å². The molecule has 0 heterocycles. The van der Waals surface area contributed by atoms with Crippen LogP contribution in [0.4, 0.5) is 0 Å². The summed E-state index contributed by atoms with van der Waals surface area (Å²) in [7, 11) is 0. The first-order valence-electron chi connectivity index (χ1n) is 31.6. The van der Waals surface area contributed by atoms with Crippen LogP contribution in [0.25, 0.3) is 0 Å². The molecule has 0 aliphatic rings. The van der Waals surface area contributed by atoms with E-state index in [1.807, 2.05) is 0 Å². The lowest BCUT2D eigenvalue weighted by Crippen LogP contribution is -2.30. The maximum atomic E-state index is 12.9. The zero-order valence-corrected chi connectivity index (χ0v) is 50.6. The molecule has 1 unspecified atom stereocenters. The van der Waals surface area contributed by atoms with E-state index in [0.717, 1.165) is 154 Å². The largest absolute Gasteiger partial charge is 0.462 e. The van der Waals surface area contributed by atoms with Crippen molar-refractivity contribution in [2.75, 3.05) is 13.2 Å². The normalized spacial score (nSPS) is 13.3. The Morgan fingerprint density at radius 3 is 0.810 bits per heavy atom. The quantitative estimate of drug-likeness (QED) is 0.0261. The molecule has 0 spiro atoms. The molecule has 6 heteroatoms. The highest BCUT2D eigenvalue weighted by molar-refractivity contribution is 5.71. The summed E-state index contributed by atoms with van der Waals surface area (Å²) in [5, 5.41) is 0. The molecule has 0 aromatic rings. The van der Waals surface area contributed by atoms with Gasteiger partial charge in [0, 0.05) is 19.3 Å².